The first-order valence-electron chi connectivity index (χ1n) is 19.1. The second kappa shape index (κ2) is 18.0. The molecule has 7 nitrogen and oxygen atoms in total. The lowest BCUT2D eigenvalue weighted by atomic mass is 9.98. The van der Waals surface area contributed by atoms with Gasteiger partial charge < -0.3 is 19.4 Å². The summed E-state index contributed by atoms with van der Waals surface area (Å²) in [5.41, 5.74) is 4.55. The molecular weight excluding hydrogens is 677 g/mol. The molecule has 8 heteroatoms. The summed E-state index contributed by atoms with van der Waals surface area (Å²) in [4.78, 5) is 41.9. The van der Waals surface area contributed by atoms with E-state index in [0.29, 0.717) is 38.8 Å². The summed E-state index contributed by atoms with van der Waals surface area (Å²) in [6.07, 6.45) is 1.49. The predicted molar refractivity (Wildman–Crippen MR) is 216 cm³/mol. The van der Waals surface area contributed by atoms with E-state index in [9.17, 15) is 14.4 Å². The number of alkyl carbamates (subject to hydrolysis) is 1. The van der Waals surface area contributed by atoms with Crippen molar-refractivity contribution < 1.29 is 23.5 Å². The second-order valence-corrected chi connectivity index (χ2v) is 19.8. The molecule has 0 fully saturated rings. The molecule has 0 unspecified atom stereocenters. The highest BCUT2D eigenvalue weighted by molar-refractivity contribution is 6.99. The number of fused-ring (bicyclic) bond motifs is 3. The van der Waals surface area contributed by atoms with Gasteiger partial charge in [0.25, 0.3) is 8.32 Å². The van der Waals surface area contributed by atoms with Crippen molar-refractivity contribution in [1.29, 1.82) is 0 Å². The molecule has 0 spiro atoms. The summed E-state index contributed by atoms with van der Waals surface area (Å²) in [6.45, 7) is 13.7. The molecule has 4 aromatic carbocycles. The zero-order chi connectivity index (χ0) is 38.0. The molecule has 0 bridgehead atoms. The number of Topliss-reactive ketones (excluding diaryl/α,β-unsaturated/α-hetero) is 1. The van der Waals surface area contributed by atoms with Crippen LogP contribution in [0.25, 0.3) is 11.1 Å². The average molecular weight is 733 g/mol. The fourth-order valence-corrected chi connectivity index (χ4v) is 12.3. The first-order valence-corrected chi connectivity index (χ1v) is 21.0. The van der Waals surface area contributed by atoms with Crippen molar-refractivity contribution in [2.75, 3.05) is 26.3 Å². The van der Waals surface area contributed by atoms with Gasteiger partial charge in [0.15, 0.2) is 5.78 Å². The van der Waals surface area contributed by atoms with Crippen molar-refractivity contribution >= 4 is 36.5 Å². The van der Waals surface area contributed by atoms with Crippen LogP contribution in [0.15, 0.2) is 109 Å². The molecule has 1 aliphatic rings. The molecule has 4 aromatic rings. The first-order chi connectivity index (χ1) is 25.5. The first kappa shape index (κ1) is 39.7. The van der Waals surface area contributed by atoms with Gasteiger partial charge in [-0.3, -0.25) is 9.59 Å². The molecule has 0 saturated carbocycles. The Balaban J connectivity index is 1.25. The topological polar surface area (TPSA) is 84.9 Å². The lowest BCUT2D eigenvalue weighted by molar-refractivity contribution is -0.137. The number of rotatable bonds is 17. The monoisotopic (exact) mass is 732 g/mol. The number of nitrogens with one attached hydrogen (secondary N) is 1. The van der Waals surface area contributed by atoms with Gasteiger partial charge in [0.1, 0.15) is 12.6 Å². The fraction of sp³-hybridized carbons (Fsp3) is 0.400. The molecule has 0 radical (unpaired) electrons. The van der Waals surface area contributed by atoms with Crippen molar-refractivity contribution in [3.63, 3.8) is 0 Å². The van der Waals surface area contributed by atoms with Crippen LogP contribution in [0.5, 0.6) is 0 Å². The van der Waals surface area contributed by atoms with E-state index in [1.54, 1.807) is 4.90 Å². The molecule has 0 aliphatic heterocycles. The number of nitrogens with zero attached hydrogens (tertiary/aromatic N) is 1. The maximum atomic E-state index is 14.2. The van der Waals surface area contributed by atoms with E-state index in [4.69, 9.17) is 9.16 Å². The Morgan fingerprint density at radius 3 is 1.81 bits per heavy atom. The fourth-order valence-electron chi connectivity index (χ4n) is 7.68. The average Bonchev–Trinajstić information content (AvgIpc) is 3.47. The van der Waals surface area contributed by atoms with Crippen molar-refractivity contribution in [3.05, 3.63) is 120 Å². The van der Waals surface area contributed by atoms with Crippen LogP contribution in [-0.2, 0) is 18.8 Å². The summed E-state index contributed by atoms with van der Waals surface area (Å²) in [7, 11) is -2.69. The third-order valence-corrected chi connectivity index (χ3v) is 15.3. The van der Waals surface area contributed by atoms with Gasteiger partial charge in [-0.2, -0.15) is 0 Å². The van der Waals surface area contributed by atoms with Gasteiger partial charge in [0, 0.05) is 25.5 Å². The Bertz CT molecular complexity index is 1740. The zero-order valence-electron chi connectivity index (χ0n) is 32.3. The normalized spacial score (nSPS) is 13.3. The maximum Gasteiger partial charge on any atom is 0.407 e. The van der Waals surface area contributed by atoms with Gasteiger partial charge in [-0.05, 0) is 62.8 Å². The molecule has 1 atom stereocenters. The molecule has 0 aromatic heterocycles. The minimum atomic E-state index is -2.69. The van der Waals surface area contributed by atoms with Crippen LogP contribution in [0.4, 0.5) is 4.79 Å². The number of unbranched alkanes of at least 4 members (excludes halogenated alkanes) is 1. The van der Waals surface area contributed by atoms with Gasteiger partial charge in [-0.15, -0.1) is 0 Å². The highest BCUT2D eigenvalue weighted by Crippen LogP contribution is 2.44. The van der Waals surface area contributed by atoms with Crippen LogP contribution in [0.1, 0.15) is 84.3 Å². The Hall–Kier alpha value is -4.53. The standard InChI is InChI=1S/C45H56N2O5Si/c1-7-34(48)31-47(28-18-19-29-52-53(45(4,5)6,35-20-10-8-11-21-35)36-22-12-9-13-23-36)43(49)42(30-33(2)3)46-44(50)51-32-41-39-26-16-14-24-37(39)38-25-15-17-27-40(38)41/h8-17,20-27,33,41-42H,7,18-19,28-32H2,1-6H3,(H,46,50)/t42-/m0/s1. The van der Waals surface area contributed by atoms with Crippen LogP contribution >= 0.6 is 0 Å². The zero-order valence-corrected chi connectivity index (χ0v) is 33.3. The van der Waals surface area contributed by atoms with Crippen LogP contribution < -0.4 is 15.7 Å². The number of carbonyl (C=O) groups is 3. The number of amides is 2. The van der Waals surface area contributed by atoms with Crippen LogP contribution in [0, 0.1) is 5.92 Å². The molecule has 2 amide bonds. The van der Waals surface area contributed by atoms with Gasteiger partial charge >= 0.3 is 6.09 Å². The molecular formula is C45H56N2O5Si. The third kappa shape index (κ3) is 9.35. The van der Waals surface area contributed by atoms with E-state index in [0.717, 1.165) is 22.3 Å². The SMILES string of the molecule is CCC(=O)CN(CCCCO[Si](c1ccccc1)(c1ccccc1)C(C)(C)C)C(=O)[C@H](CC(C)C)NC(=O)OCC1c2ccccc2-c2ccccc21. The molecule has 5 rings (SSSR count). The molecule has 0 saturated heterocycles. The summed E-state index contributed by atoms with van der Waals surface area (Å²) in [5.74, 6) is -0.244. The third-order valence-electron chi connectivity index (χ3n) is 10.3. The Morgan fingerprint density at radius 1 is 0.774 bits per heavy atom. The lowest BCUT2D eigenvalue weighted by Crippen LogP contribution is -2.66. The molecule has 1 aliphatic carbocycles. The van der Waals surface area contributed by atoms with E-state index in [1.807, 2.05) is 57.2 Å². The van der Waals surface area contributed by atoms with Gasteiger partial charge in [0.05, 0.1) is 6.54 Å². The van der Waals surface area contributed by atoms with Gasteiger partial charge in [-0.1, -0.05) is 151 Å². The largest absolute Gasteiger partial charge is 0.449 e. The van der Waals surface area contributed by atoms with E-state index in [1.165, 1.54) is 10.4 Å². The molecule has 1 N–H and O–H groups in total. The highest BCUT2D eigenvalue weighted by Gasteiger charge is 2.50. The van der Waals surface area contributed by atoms with Gasteiger partial charge in [-0.25, -0.2) is 4.79 Å². The van der Waals surface area contributed by atoms with Crippen molar-refractivity contribution in [3.8, 4) is 11.1 Å². The number of benzene rings is 4. The quantitative estimate of drug-likeness (QED) is 0.0877. The minimum absolute atomic E-state index is 0.00582. The summed E-state index contributed by atoms with van der Waals surface area (Å²) < 4.78 is 12.9. The number of ketones is 1. The number of ether oxygens (including phenoxy) is 1. The predicted octanol–water partition coefficient (Wildman–Crippen LogP) is 8.10. The molecule has 53 heavy (non-hydrogen) atoms. The van der Waals surface area contributed by atoms with Crippen molar-refractivity contribution in [1.82, 2.24) is 10.2 Å². The Morgan fingerprint density at radius 2 is 1.30 bits per heavy atom. The smallest absolute Gasteiger partial charge is 0.407 e. The van der Waals surface area contributed by atoms with Gasteiger partial charge in [0.2, 0.25) is 5.91 Å². The second-order valence-electron chi connectivity index (χ2n) is 15.5. The van der Waals surface area contributed by atoms with E-state index < -0.39 is 20.5 Å². The lowest BCUT2D eigenvalue weighted by Gasteiger charge is -2.43. The number of hydrogen-bond acceptors (Lipinski definition) is 5. The Kier molecular flexibility index (Phi) is 13.5. The summed E-state index contributed by atoms with van der Waals surface area (Å²) in [5, 5.41) is 5.19. The van der Waals surface area contributed by atoms with E-state index in [-0.39, 0.29) is 41.7 Å². The maximum absolute atomic E-state index is 14.2. The van der Waals surface area contributed by atoms with Crippen LogP contribution in [0.3, 0.4) is 0 Å². The van der Waals surface area contributed by atoms with Crippen molar-refractivity contribution in [2.45, 2.75) is 84.2 Å². The van der Waals surface area contributed by atoms with Crippen molar-refractivity contribution in [2.24, 2.45) is 5.92 Å². The Labute approximate surface area is 317 Å². The highest BCUT2D eigenvalue weighted by atomic mass is 28.4. The summed E-state index contributed by atoms with van der Waals surface area (Å²) >= 11 is 0. The number of carbonyl (C=O) groups excluding carboxylic acids is 3. The molecule has 0 heterocycles. The minimum Gasteiger partial charge on any atom is -0.449 e. The summed E-state index contributed by atoms with van der Waals surface area (Å²) in [6, 6.07) is 36.7. The number of hydrogen-bond donors (Lipinski definition) is 1. The van der Waals surface area contributed by atoms with Crippen LogP contribution in [0.2, 0.25) is 5.04 Å². The van der Waals surface area contributed by atoms with E-state index in [2.05, 4.69) is 98.9 Å². The van der Waals surface area contributed by atoms with E-state index >= 15 is 0 Å². The van der Waals surface area contributed by atoms with Crippen LogP contribution in [-0.4, -0.2) is 63.3 Å². The molecule has 280 valence electrons.